The van der Waals surface area contributed by atoms with Crippen LogP contribution in [0.25, 0.3) is 0 Å². The Hall–Kier alpha value is -1.93. The maximum atomic E-state index is 12.6. The zero-order chi connectivity index (χ0) is 16.2. The van der Waals surface area contributed by atoms with E-state index in [0.29, 0.717) is 0 Å². The van der Waals surface area contributed by atoms with Crippen molar-refractivity contribution in [3.05, 3.63) is 29.8 Å². The van der Waals surface area contributed by atoms with Crippen molar-refractivity contribution in [2.75, 3.05) is 13.1 Å². The number of carboxylic acid groups (broad SMARTS) is 1. The Morgan fingerprint density at radius 1 is 1.29 bits per heavy atom. The highest BCUT2D eigenvalue weighted by atomic mass is 32.2. The van der Waals surface area contributed by atoms with Gasteiger partial charge in [-0.15, -0.1) is 0 Å². The van der Waals surface area contributed by atoms with Gasteiger partial charge in [0.05, 0.1) is 17.0 Å². The number of primary amides is 1. The maximum Gasteiger partial charge on any atom is 0.337 e. The minimum atomic E-state index is -4.12. The minimum absolute atomic E-state index is 0.0453. The van der Waals surface area contributed by atoms with Crippen molar-refractivity contribution in [1.29, 1.82) is 0 Å². The summed E-state index contributed by atoms with van der Waals surface area (Å²) in [5.74, 6) is -2.19. The molecule has 0 atom stereocenters. The standard InChI is InChI=1S/C13H18N2O5S/c1-9(2)7-15(8-12(14)16)21(19,20)11-6-4-3-5-10(11)13(17)18/h3-6,9H,7-8H2,1-2H3,(H2,14,16)(H,17,18). The Morgan fingerprint density at radius 2 is 1.86 bits per heavy atom. The summed E-state index contributed by atoms with van der Waals surface area (Å²) in [4.78, 5) is 21.9. The van der Waals surface area contributed by atoms with Crippen LogP contribution in [-0.4, -0.2) is 42.8 Å². The number of sulfonamides is 1. The molecule has 0 aliphatic heterocycles. The molecule has 0 radical (unpaired) electrons. The molecule has 8 heteroatoms. The lowest BCUT2D eigenvalue weighted by atomic mass is 10.2. The van der Waals surface area contributed by atoms with Gasteiger partial charge in [-0.3, -0.25) is 4.79 Å². The van der Waals surface area contributed by atoms with E-state index in [1.54, 1.807) is 13.8 Å². The Morgan fingerprint density at radius 3 is 2.33 bits per heavy atom. The number of aromatic carboxylic acids is 1. The highest BCUT2D eigenvalue weighted by molar-refractivity contribution is 7.89. The lowest BCUT2D eigenvalue weighted by molar-refractivity contribution is -0.118. The van der Waals surface area contributed by atoms with Crippen LogP contribution in [0.2, 0.25) is 0 Å². The predicted molar refractivity (Wildman–Crippen MR) is 76.2 cm³/mol. The van der Waals surface area contributed by atoms with E-state index >= 15 is 0 Å². The number of amides is 1. The molecule has 0 aliphatic carbocycles. The topological polar surface area (TPSA) is 118 Å². The number of benzene rings is 1. The lowest BCUT2D eigenvalue weighted by Gasteiger charge is -2.23. The normalized spacial score (nSPS) is 11.8. The van der Waals surface area contributed by atoms with Gasteiger partial charge in [0, 0.05) is 6.54 Å². The fraction of sp³-hybridized carbons (Fsp3) is 0.385. The summed E-state index contributed by atoms with van der Waals surface area (Å²) in [7, 11) is -4.12. The lowest BCUT2D eigenvalue weighted by Crippen LogP contribution is -2.41. The summed E-state index contributed by atoms with van der Waals surface area (Å²) >= 11 is 0. The maximum absolute atomic E-state index is 12.6. The summed E-state index contributed by atoms with van der Waals surface area (Å²) in [5.41, 5.74) is 4.74. The van der Waals surface area contributed by atoms with Gasteiger partial charge in [0.2, 0.25) is 15.9 Å². The number of hydrogen-bond donors (Lipinski definition) is 2. The van der Waals surface area contributed by atoms with Crippen LogP contribution >= 0.6 is 0 Å². The summed E-state index contributed by atoms with van der Waals surface area (Å²) in [6, 6.07) is 5.26. The number of carbonyl (C=O) groups excluding carboxylic acids is 1. The van der Waals surface area contributed by atoms with Crippen LogP contribution in [0.5, 0.6) is 0 Å². The summed E-state index contributed by atoms with van der Waals surface area (Å²) in [5, 5.41) is 9.10. The van der Waals surface area contributed by atoms with E-state index in [0.717, 1.165) is 4.31 Å². The molecule has 0 spiro atoms. The number of carboxylic acids is 1. The first-order valence-electron chi connectivity index (χ1n) is 6.27. The largest absolute Gasteiger partial charge is 0.478 e. The van der Waals surface area contributed by atoms with Crippen LogP contribution < -0.4 is 5.73 Å². The van der Waals surface area contributed by atoms with E-state index in [2.05, 4.69) is 0 Å². The van der Waals surface area contributed by atoms with Crippen molar-refractivity contribution in [3.63, 3.8) is 0 Å². The summed E-state index contributed by atoms with van der Waals surface area (Å²) in [6.07, 6.45) is 0. The number of rotatable bonds is 7. The third-order valence-electron chi connectivity index (χ3n) is 2.64. The van der Waals surface area contributed by atoms with Gasteiger partial charge in [-0.25, -0.2) is 13.2 Å². The molecule has 0 heterocycles. The van der Waals surface area contributed by atoms with Crippen molar-refractivity contribution in [1.82, 2.24) is 4.31 Å². The number of nitrogens with zero attached hydrogens (tertiary/aromatic N) is 1. The van der Waals surface area contributed by atoms with Gasteiger partial charge in [0.15, 0.2) is 0 Å². The van der Waals surface area contributed by atoms with Gasteiger partial charge >= 0.3 is 5.97 Å². The molecule has 1 aromatic rings. The Bertz CT molecular complexity index is 640. The van der Waals surface area contributed by atoms with Crippen LogP contribution in [0.15, 0.2) is 29.2 Å². The van der Waals surface area contributed by atoms with E-state index in [9.17, 15) is 18.0 Å². The fourth-order valence-corrected chi connectivity index (χ4v) is 3.59. The van der Waals surface area contributed by atoms with Crippen LogP contribution in [0.3, 0.4) is 0 Å². The second-order valence-corrected chi connectivity index (χ2v) is 6.87. The third kappa shape index (κ3) is 4.27. The second-order valence-electron chi connectivity index (χ2n) is 4.96. The molecule has 0 saturated heterocycles. The van der Waals surface area contributed by atoms with E-state index in [1.165, 1.54) is 24.3 Å². The van der Waals surface area contributed by atoms with Crippen molar-refractivity contribution in [3.8, 4) is 0 Å². The Kier molecular flexibility index (Phi) is 5.45. The van der Waals surface area contributed by atoms with E-state index in [4.69, 9.17) is 10.8 Å². The van der Waals surface area contributed by atoms with E-state index in [-0.39, 0.29) is 22.9 Å². The van der Waals surface area contributed by atoms with Gasteiger partial charge < -0.3 is 10.8 Å². The number of nitrogens with two attached hydrogens (primary N) is 1. The zero-order valence-electron chi connectivity index (χ0n) is 11.8. The minimum Gasteiger partial charge on any atom is -0.478 e. The highest BCUT2D eigenvalue weighted by Gasteiger charge is 2.30. The van der Waals surface area contributed by atoms with Crippen LogP contribution in [0.1, 0.15) is 24.2 Å². The van der Waals surface area contributed by atoms with Crippen molar-refractivity contribution < 1.29 is 23.1 Å². The van der Waals surface area contributed by atoms with Crippen molar-refractivity contribution in [2.24, 2.45) is 11.7 Å². The molecule has 1 aromatic carbocycles. The Labute approximate surface area is 123 Å². The molecular formula is C13H18N2O5S. The molecular weight excluding hydrogens is 296 g/mol. The zero-order valence-corrected chi connectivity index (χ0v) is 12.6. The molecule has 0 unspecified atom stereocenters. The predicted octanol–water partition coefficient (Wildman–Crippen LogP) is 0.517. The quantitative estimate of drug-likeness (QED) is 0.760. The summed E-state index contributed by atoms with van der Waals surface area (Å²) in [6.45, 7) is 3.15. The Balaban J connectivity index is 3.35. The van der Waals surface area contributed by atoms with Gasteiger partial charge in [0.1, 0.15) is 0 Å². The van der Waals surface area contributed by atoms with Crippen molar-refractivity contribution >= 4 is 21.9 Å². The molecule has 7 nitrogen and oxygen atoms in total. The first-order chi connectivity index (χ1) is 9.66. The second kappa shape index (κ2) is 6.68. The fourth-order valence-electron chi connectivity index (χ4n) is 1.84. The van der Waals surface area contributed by atoms with Crippen molar-refractivity contribution in [2.45, 2.75) is 18.7 Å². The monoisotopic (exact) mass is 314 g/mol. The third-order valence-corrected chi connectivity index (χ3v) is 4.51. The molecule has 0 bridgehead atoms. The first kappa shape index (κ1) is 17.1. The van der Waals surface area contributed by atoms with Gasteiger partial charge in [-0.2, -0.15) is 4.31 Å². The molecule has 0 fully saturated rings. The average Bonchev–Trinajstić information content (AvgIpc) is 2.36. The molecule has 1 rings (SSSR count). The molecule has 0 aromatic heterocycles. The first-order valence-corrected chi connectivity index (χ1v) is 7.71. The average molecular weight is 314 g/mol. The number of hydrogen-bond acceptors (Lipinski definition) is 4. The molecule has 1 amide bonds. The van der Waals surface area contributed by atoms with Crippen LogP contribution in [0.4, 0.5) is 0 Å². The van der Waals surface area contributed by atoms with E-state index in [1.807, 2.05) is 0 Å². The van der Waals surface area contributed by atoms with Gasteiger partial charge in [-0.05, 0) is 18.1 Å². The molecule has 3 N–H and O–H groups in total. The molecule has 0 saturated carbocycles. The molecule has 116 valence electrons. The molecule has 0 aliphatic rings. The van der Waals surface area contributed by atoms with Gasteiger partial charge in [-0.1, -0.05) is 26.0 Å². The molecule has 21 heavy (non-hydrogen) atoms. The van der Waals surface area contributed by atoms with Gasteiger partial charge in [0.25, 0.3) is 0 Å². The van der Waals surface area contributed by atoms with Crippen LogP contribution in [-0.2, 0) is 14.8 Å². The SMILES string of the molecule is CC(C)CN(CC(N)=O)S(=O)(=O)c1ccccc1C(=O)O. The number of carbonyl (C=O) groups is 2. The summed E-state index contributed by atoms with van der Waals surface area (Å²) < 4.78 is 26.1. The van der Waals surface area contributed by atoms with E-state index < -0.39 is 28.4 Å². The van der Waals surface area contributed by atoms with Crippen LogP contribution in [0, 0.1) is 5.92 Å². The highest BCUT2D eigenvalue weighted by Crippen LogP contribution is 2.21. The smallest absolute Gasteiger partial charge is 0.337 e.